The van der Waals surface area contributed by atoms with Crippen LogP contribution < -0.4 is 10.1 Å². The average Bonchev–Trinajstić information content (AvgIpc) is 3.21. The molecule has 0 saturated carbocycles. The van der Waals surface area contributed by atoms with Crippen LogP contribution in [-0.2, 0) is 4.79 Å². The van der Waals surface area contributed by atoms with Crippen LogP contribution in [0.5, 0.6) is 5.75 Å². The molecule has 1 N–H and O–H groups in total. The zero-order valence-electron chi connectivity index (χ0n) is 17.1. The molecule has 152 valence electrons. The maximum Gasteiger partial charge on any atom is 0.262 e. The first kappa shape index (κ1) is 19.7. The number of anilines is 1. The fraction of sp³-hybridized carbons (Fsp3) is 0.200. The van der Waals surface area contributed by atoms with E-state index in [-0.39, 0.29) is 12.5 Å². The number of aromatic nitrogens is 1. The van der Waals surface area contributed by atoms with Crippen molar-refractivity contribution < 1.29 is 13.9 Å². The third kappa shape index (κ3) is 4.51. The minimum Gasteiger partial charge on any atom is -0.484 e. The molecule has 0 saturated heterocycles. The third-order valence-electron chi connectivity index (χ3n) is 5.10. The van der Waals surface area contributed by atoms with Crippen molar-refractivity contribution >= 4 is 22.7 Å². The van der Waals surface area contributed by atoms with Crippen molar-refractivity contribution in [1.29, 1.82) is 0 Å². The van der Waals surface area contributed by atoms with Crippen LogP contribution in [0.25, 0.3) is 22.6 Å². The Morgan fingerprint density at radius 2 is 1.90 bits per heavy atom. The van der Waals surface area contributed by atoms with Gasteiger partial charge in [0.2, 0.25) is 5.89 Å². The lowest BCUT2D eigenvalue weighted by molar-refractivity contribution is -0.118. The number of hydrogen-bond acceptors (Lipinski definition) is 4. The zero-order valence-corrected chi connectivity index (χ0v) is 17.1. The molecule has 1 unspecified atom stereocenters. The number of nitrogens with zero attached hydrogens (tertiary/aromatic N) is 1. The maximum absolute atomic E-state index is 12.2. The molecular weight excluding hydrogens is 376 g/mol. The highest BCUT2D eigenvalue weighted by Crippen LogP contribution is 2.29. The lowest BCUT2D eigenvalue weighted by Gasteiger charge is -2.08. The van der Waals surface area contributed by atoms with E-state index in [2.05, 4.69) is 36.3 Å². The number of hydrogen-bond donors (Lipinski definition) is 1. The van der Waals surface area contributed by atoms with Gasteiger partial charge in [-0.2, -0.15) is 0 Å². The van der Waals surface area contributed by atoms with Crippen LogP contribution >= 0.6 is 0 Å². The lowest BCUT2D eigenvalue weighted by atomic mass is 9.98. The largest absolute Gasteiger partial charge is 0.484 e. The first-order valence-electron chi connectivity index (χ1n) is 10.1. The van der Waals surface area contributed by atoms with Crippen LogP contribution in [0.3, 0.4) is 0 Å². The van der Waals surface area contributed by atoms with E-state index in [4.69, 9.17) is 9.15 Å². The molecule has 0 radical (unpaired) electrons. The van der Waals surface area contributed by atoms with Crippen molar-refractivity contribution in [2.24, 2.45) is 0 Å². The van der Waals surface area contributed by atoms with Crippen LogP contribution in [0.1, 0.15) is 31.7 Å². The molecular formula is C25H24N2O3. The highest BCUT2D eigenvalue weighted by atomic mass is 16.5. The molecule has 3 aromatic carbocycles. The number of oxazole rings is 1. The molecule has 0 aliphatic heterocycles. The van der Waals surface area contributed by atoms with Gasteiger partial charge in [-0.15, -0.1) is 0 Å². The molecule has 1 amide bonds. The van der Waals surface area contributed by atoms with Crippen LogP contribution in [0.15, 0.2) is 77.2 Å². The molecule has 4 aromatic rings. The molecule has 1 aromatic heterocycles. The Morgan fingerprint density at radius 1 is 1.07 bits per heavy atom. The van der Waals surface area contributed by atoms with Crippen molar-refractivity contribution in [3.8, 4) is 17.2 Å². The number of ether oxygens (including phenoxy) is 1. The second-order valence-electron chi connectivity index (χ2n) is 7.29. The Kier molecular flexibility index (Phi) is 5.80. The van der Waals surface area contributed by atoms with E-state index in [1.54, 1.807) is 0 Å². The smallest absolute Gasteiger partial charge is 0.262 e. The second-order valence-corrected chi connectivity index (χ2v) is 7.29. The molecule has 0 aliphatic rings. The predicted octanol–water partition coefficient (Wildman–Crippen LogP) is 6.03. The quantitative estimate of drug-likeness (QED) is 0.412. The Balaban J connectivity index is 1.48. The van der Waals surface area contributed by atoms with E-state index in [9.17, 15) is 4.79 Å². The van der Waals surface area contributed by atoms with Crippen molar-refractivity contribution in [2.45, 2.75) is 26.2 Å². The van der Waals surface area contributed by atoms with Crippen LogP contribution in [-0.4, -0.2) is 17.5 Å². The van der Waals surface area contributed by atoms with E-state index >= 15 is 0 Å². The fourth-order valence-electron chi connectivity index (χ4n) is 3.20. The highest BCUT2D eigenvalue weighted by Gasteiger charge is 2.12. The standard InChI is InChI=1S/C25H24N2O3/c1-3-17(2)18-12-13-23-22(15-18)27-25(30-23)19-8-7-9-20(14-19)26-24(28)16-29-21-10-5-4-6-11-21/h4-15,17H,3,16H2,1-2H3,(H,26,28). The predicted molar refractivity (Wildman–Crippen MR) is 119 cm³/mol. The van der Waals surface area contributed by atoms with Gasteiger partial charge >= 0.3 is 0 Å². The molecule has 0 spiro atoms. The van der Waals surface area contributed by atoms with Gasteiger partial charge in [0, 0.05) is 11.3 Å². The number of nitrogens with one attached hydrogen (secondary N) is 1. The van der Waals surface area contributed by atoms with Gasteiger partial charge in [0.15, 0.2) is 12.2 Å². The third-order valence-corrected chi connectivity index (χ3v) is 5.10. The van der Waals surface area contributed by atoms with Gasteiger partial charge in [0.1, 0.15) is 11.3 Å². The molecule has 5 heteroatoms. The topological polar surface area (TPSA) is 64.4 Å². The molecule has 0 fully saturated rings. The summed E-state index contributed by atoms with van der Waals surface area (Å²) in [6.45, 7) is 4.32. The summed E-state index contributed by atoms with van der Waals surface area (Å²) in [7, 11) is 0. The number of para-hydroxylation sites is 1. The average molecular weight is 400 g/mol. The van der Waals surface area contributed by atoms with Crippen LogP contribution in [0.2, 0.25) is 0 Å². The Bertz CT molecular complexity index is 1150. The van der Waals surface area contributed by atoms with Crippen molar-refractivity contribution in [1.82, 2.24) is 4.98 Å². The Labute approximate surface area is 175 Å². The summed E-state index contributed by atoms with van der Waals surface area (Å²) in [5.74, 6) is 1.44. The molecule has 1 heterocycles. The lowest BCUT2D eigenvalue weighted by Crippen LogP contribution is -2.20. The molecule has 1 atom stereocenters. The normalized spacial score (nSPS) is 11.9. The molecule has 30 heavy (non-hydrogen) atoms. The van der Waals surface area contributed by atoms with Crippen LogP contribution in [0, 0.1) is 0 Å². The van der Waals surface area contributed by atoms with Gasteiger partial charge in [-0.1, -0.05) is 44.2 Å². The van der Waals surface area contributed by atoms with Crippen molar-refractivity contribution in [3.05, 3.63) is 78.4 Å². The molecule has 5 nitrogen and oxygen atoms in total. The SMILES string of the molecule is CCC(C)c1ccc2oc(-c3cccc(NC(=O)COc4ccccc4)c3)nc2c1. The van der Waals surface area contributed by atoms with Gasteiger partial charge in [0.25, 0.3) is 5.91 Å². The second kappa shape index (κ2) is 8.82. The summed E-state index contributed by atoms with van der Waals surface area (Å²) >= 11 is 0. The number of rotatable bonds is 7. The first-order chi connectivity index (χ1) is 14.6. The summed E-state index contributed by atoms with van der Waals surface area (Å²) in [6.07, 6.45) is 1.08. The van der Waals surface area contributed by atoms with E-state index in [0.29, 0.717) is 23.2 Å². The maximum atomic E-state index is 12.2. The van der Waals surface area contributed by atoms with E-state index in [0.717, 1.165) is 23.1 Å². The van der Waals surface area contributed by atoms with E-state index in [1.807, 2.05) is 60.7 Å². The minimum absolute atomic E-state index is 0.0600. The molecule has 0 bridgehead atoms. The molecule has 0 aliphatic carbocycles. The van der Waals surface area contributed by atoms with E-state index < -0.39 is 0 Å². The number of benzene rings is 3. The summed E-state index contributed by atoms with van der Waals surface area (Å²) < 4.78 is 11.4. The monoisotopic (exact) mass is 400 g/mol. The number of amides is 1. The summed E-state index contributed by atoms with van der Waals surface area (Å²) in [5, 5.41) is 2.85. The van der Waals surface area contributed by atoms with Crippen molar-refractivity contribution in [3.63, 3.8) is 0 Å². The number of carbonyl (C=O) groups is 1. The molecule has 4 rings (SSSR count). The van der Waals surface area contributed by atoms with Crippen molar-refractivity contribution in [2.75, 3.05) is 11.9 Å². The van der Waals surface area contributed by atoms with E-state index in [1.165, 1.54) is 5.56 Å². The Hall–Kier alpha value is -3.60. The Morgan fingerprint density at radius 3 is 2.70 bits per heavy atom. The number of carbonyl (C=O) groups excluding carboxylic acids is 1. The fourth-order valence-corrected chi connectivity index (χ4v) is 3.20. The zero-order chi connectivity index (χ0) is 20.9. The van der Waals surface area contributed by atoms with Gasteiger partial charge in [0.05, 0.1) is 0 Å². The van der Waals surface area contributed by atoms with Gasteiger partial charge in [-0.3, -0.25) is 4.79 Å². The minimum atomic E-state index is -0.230. The summed E-state index contributed by atoms with van der Waals surface area (Å²) in [4.78, 5) is 16.9. The summed E-state index contributed by atoms with van der Waals surface area (Å²) in [6, 6.07) is 22.9. The number of fused-ring (bicyclic) bond motifs is 1. The van der Waals surface area contributed by atoms with Crippen LogP contribution in [0.4, 0.5) is 5.69 Å². The van der Waals surface area contributed by atoms with Gasteiger partial charge < -0.3 is 14.5 Å². The van der Waals surface area contributed by atoms with Gasteiger partial charge in [-0.25, -0.2) is 4.98 Å². The first-order valence-corrected chi connectivity index (χ1v) is 10.1. The summed E-state index contributed by atoms with van der Waals surface area (Å²) in [5.41, 5.74) is 4.32. The highest BCUT2D eigenvalue weighted by molar-refractivity contribution is 5.92. The van der Waals surface area contributed by atoms with Gasteiger partial charge in [-0.05, 0) is 60.4 Å².